The zero-order valence-corrected chi connectivity index (χ0v) is 15.6. The van der Waals surface area contributed by atoms with E-state index < -0.39 is 16.0 Å². The summed E-state index contributed by atoms with van der Waals surface area (Å²) < 4.78 is 46.6. The van der Waals surface area contributed by atoms with Gasteiger partial charge < -0.3 is 18.9 Å². The van der Waals surface area contributed by atoms with E-state index in [9.17, 15) is 13.2 Å². The molecule has 3 rings (SSSR count). The van der Waals surface area contributed by atoms with Crippen molar-refractivity contribution >= 4 is 16.0 Å². The number of hydroxylamine groups is 1. The molecule has 0 amide bonds. The minimum Gasteiger partial charge on any atom is -0.495 e. The molecule has 144 valence electrons. The van der Waals surface area contributed by atoms with Gasteiger partial charge in [0.25, 0.3) is 10.0 Å². The van der Waals surface area contributed by atoms with Crippen LogP contribution in [0.25, 0.3) is 0 Å². The predicted molar refractivity (Wildman–Crippen MR) is 92.5 cm³/mol. The Kier molecular flexibility index (Phi) is 5.22. The number of hydrogen-bond donors (Lipinski definition) is 0. The Balaban J connectivity index is 1.90. The lowest BCUT2D eigenvalue weighted by atomic mass is 10.2. The van der Waals surface area contributed by atoms with Crippen LogP contribution >= 0.6 is 0 Å². The third-order valence-electron chi connectivity index (χ3n) is 3.83. The number of ether oxygens (including phenoxy) is 4. The molecule has 0 aromatic heterocycles. The molecule has 1 heterocycles. The van der Waals surface area contributed by atoms with Crippen LogP contribution in [0.2, 0.25) is 0 Å². The van der Waals surface area contributed by atoms with Crippen LogP contribution in [0.4, 0.5) is 0 Å². The van der Waals surface area contributed by atoms with Crippen LogP contribution in [0.3, 0.4) is 0 Å². The summed E-state index contributed by atoms with van der Waals surface area (Å²) in [5, 5.41) is 0. The summed E-state index contributed by atoms with van der Waals surface area (Å²) in [5.74, 6) is 0.570. The number of carbonyl (C=O) groups is 1. The largest absolute Gasteiger partial charge is 0.495 e. The van der Waals surface area contributed by atoms with Crippen LogP contribution in [0.1, 0.15) is 10.4 Å². The van der Waals surface area contributed by atoms with E-state index >= 15 is 0 Å². The molecule has 0 radical (unpaired) electrons. The Morgan fingerprint density at radius 3 is 2.52 bits per heavy atom. The zero-order valence-electron chi connectivity index (χ0n) is 14.8. The molecule has 0 N–H and O–H groups in total. The highest BCUT2D eigenvalue weighted by molar-refractivity contribution is 7.89. The Bertz CT molecular complexity index is 973. The molecule has 0 unspecified atom stereocenters. The van der Waals surface area contributed by atoms with Crippen LogP contribution in [-0.2, 0) is 14.9 Å². The van der Waals surface area contributed by atoms with Gasteiger partial charge in [-0.3, -0.25) is 4.84 Å². The molecule has 1 aliphatic rings. The van der Waals surface area contributed by atoms with Gasteiger partial charge in [0.15, 0.2) is 11.5 Å². The Morgan fingerprint density at radius 2 is 1.81 bits per heavy atom. The van der Waals surface area contributed by atoms with Crippen molar-refractivity contribution in [2.24, 2.45) is 0 Å². The van der Waals surface area contributed by atoms with Crippen molar-refractivity contribution in [1.29, 1.82) is 0 Å². The predicted octanol–water partition coefficient (Wildman–Crippen LogP) is 1.82. The van der Waals surface area contributed by atoms with Gasteiger partial charge in [-0.15, -0.1) is 0 Å². The number of methoxy groups -OCH3 is 1. The number of benzene rings is 2. The minimum atomic E-state index is -4.03. The average Bonchev–Trinajstić information content (AvgIpc) is 3.14. The number of fused-ring (bicyclic) bond motifs is 1. The summed E-state index contributed by atoms with van der Waals surface area (Å²) in [6, 6.07) is 8.61. The number of rotatable bonds is 6. The fraction of sp³-hybridized carbons (Fsp3) is 0.235. The fourth-order valence-corrected chi connectivity index (χ4v) is 3.50. The standard InChI is InChI=1S/C17H17NO8S/c1-18(23-3)27(20,21)16-8-11(4-6-14(16)22-2)17(19)26-12-5-7-13-15(9-12)25-10-24-13/h4-9H,10H2,1-3H3. The first-order valence-corrected chi connectivity index (χ1v) is 9.13. The van der Waals surface area contributed by atoms with E-state index in [1.54, 1.807) is 12.1 Å². The van der Waals surface area contributed by atoms with Crippen molar-refractivity contribution in [3.05, 3.63) is 42.0 Å². The van der Waals surface area contributed by atoms with Crippen LogP contribution in [0.15, 0.2) is 41.3 Å². The van der Waals surface area contributed by atoms with Crippen LogP contribution in [0.5, 0.6) is 23.0 Å². The first-order valence-electron chi connectivity index (χ1n) is 7.69. The van der Waals surface area contributed by atoms with Gasteiger partial charge >= 0.3 is 5.97 Å². The molecule has 0 aliphatic carbocycles. The van der Waals surface area contributed by atoms with Gasteiger partial charge in [-0.25, -0.2) is 13.2 Å². The number of carbonyl (C=O) groups excluding carboxylic acids is 1. The molecule has 27 heavy (non-hydrogen) atoms. The Hall–Kier alpha value is -2.82. The van der Waals surface area contributed by atoms with Gasteiger partial charge in [-0.05, 0) is 30.3 Å². The third-order valence-corrected chi connectivity index (χ3v) is 5.53. The smallest absolute Gasteiger partial charge is 0.343 e. The minimum absolute atomic E-state index is 0.0246. The highest BCUT2D eigenvalue weighted by atomic mass is 32.2. The third kappa shape index (κ3) is 3.68. The molecule has 0 fully saturated rings. The molecule has 0 saturated carbocycles. The highest BCUT2D eigenvalue weighted by Crippen LogP contribution is 2.35. The second-order valence-electron chi connectivity index (χ2n) is 5.37. The van der Waals surface area contributed by atoms with Gasteiger partial charge in [0, 0.05) is 13.1 Å². The number of hydrogen-bond acceptors (Lipinski definition) is 8. The SMILES string of the molecule is COc1ccc(C(=O)Oc2ccc3c(c2)OCO3)cc1S(=O)(=O)N(C)OC. The van der Waals surface area contributed by atoms with Crippen LogP contribution < -0.4 is 18.9 Å². The highest BCUT2D eigenvalue weighted by Gasteiger charge is 2.27. The van der Waals surface area contributed by atoms with Gasteiger partial charge in [0.1, 0.15) is 16.4 Å². The molecule has 2 aromatic rings. The maximum absolute atomic E-state index is 12.5. The molecule has 9 nitrogen and oxygen atoms in total. The molecule has 0 atom stereocenters. The first-order chi connectivity index (χ1) is 12.9. The second-order valence-corrected chi connectivity index (χ2v) is 7.27. The topological polar surface area (TPSA) is 101 Å². The summed E-state index contributed by atoms with van der Waals surface area (Å²) in [4.78, 5) is 17.0. The summed E-state index contributed by atoms with van der Waals surface area (Å²) in [6.45, 7) is 0.0967. The summed E-state index contributed by atoms with van der Waals surface area (Å²) in [5.41, 5.74) is 0.0246. The number of sulfonamides is 1. The monoisotopic (exact) mass is 395 g/mol. The fourth-order valence-electron chi connectivity index (χ4n) is 2.35. The summed E-state index contributed by atoms with van der Waals surface area (Å²) in [7, 11) is -0.263. The van der Waals surface area contributed by atoms with E-state index in [2.05, 4.69) is 0 Å². The molecule has 10 heteroatoms. The van der Waals surface area contributed by atoms with Crippen LogP contribution in [0, 0.1) is 0 Å². The van der Waals surface area contributed by atoms with Crippen molar-refractivity contribution in [1.82, 2.24) is 4.47 Å². The second kappa shape index (κ2) is 7.43. The maximum Gasteiger partial charge on any atom is 0.343 e. The van der Waals surface area contributed by atoms with E-state index in [1.165, 1.54) is 45.5 Å². The van der Waals surface area contributed by atoms with E-state index in [0.29, 0.717) is 16.0 Å². The molecular formula is C17H17NO8S. The quantitative estimate of drug-likeness (QED) is 0.415. The normalized spacial score (nSPS) is 12.9. The lowest BCUT2D eigenvalue weighted by Crippen LogP contribution is -2.26. The first kappa shape index (κ1) is 19.0. The van der Waals surface area contributed by atoms with Crippen molar-refractivity contribution in [3.63, 3.8) is 0 Å². The van der Waals surface area contributed by atoms with Gasteiger partial charge in [0.2, 0.25) is 6.79 Å². The number of esters is 1. The van der Waals surface area contributed by atoms with Gasteiger partial charge in [0.05, 0.1) is 19.8 Å². The number of nitrogens with zero attached hydrogens (tertiary/aromatic N) is 1. The summed E-state index contributed by atoms with van der Waals surface area (Å²) >= 11 is 0. The van der Waals surface area contributed by atoms with Gasteiger partial charge in [-0.1, -0.05) is 4.47 Å². The van der Waals surface area contributed by atoms with Crippen LogP contribution in [-0.4, -0.2) is 46.9 Å². The molecule has 2 aromatic carbocycles. The van der Waals surface area contributed by atoms with Crippen molar-refractivity contribution < 1.29 is 37.0 Å². The lowest BCUT2D eigenvalue weighted by molar-refractivity contribution is -0.0259. The summed E-state index contributed by atoms with van der Waals surface area (Å²) in [6.07, 6.45) is 0. The molecule has 0 bridgehead atoms. The average molecular weight is 395 g/mol. The Labute approximate surface area is 156 Å². The maximum atomic E-state index is 12.5. The van der Waals surface area contributed by atoms with Crippen molar-refractivity contribution in [2.75, 3.05) is 28.1 Å². The van der Waals surface area contributed by atoms with Crippen molar-refractivity contribution in [2.45, 2.75) is 4.90 Å². The molecule has 0 spiro atoms. The van der Waals surface area contributed by atoms with E-state index in [4.69, 9.17) is 23.8 Å². The molecule has 1 aliphatic heterocycles. The Morgan fingerprint density at radius 1 is 1.07 bits per heavy atom. The van der Waals surface area contributed by atoms with E-state index in [1.807, 2.05) is 0 Å². The molecule has 0 saturated heterocycles. The van der Waals surface area contributed by atoms with Gasteiger partial charge in [-0.2, -0.15) is 0 Å². The van der Waals surface area contributed by atoms with E-state index in [-0.39, 0.29) is 28.8 Å². The van der Waals surface area contributed by atoms with E-state index in [0.717, 1.165) is 0 Å². The lowest BCUT2D eigenvalue weighted by Gasteiger charge is -2.17. The zero-order chi connectivity index (χ0) is 19.6. The van der Waals surface area contributed by atoms with Crippen molar-refractivity contribution in [3.8, 4) is 23.0 Å². The molecular weight excluding hydrogens is 378 g/mol.